The fourth-order valence-corrected chi connectivity index (χ4v) is 3.39. The van der Waals surface area contributed by atoms with Crippen molar-refractivity contribution in [3.63, 3.8) is 0 Å². The fourth-order valence-electron chi connectivity index (χ4n) is 1.97. The molecule has 0 unspecified atom stereocenters. The number of amides is 1. The van der Waals surface area contributed by atoms with Crippen molar-refractivity contribution in [2.45, 2.75) is 32.7 Å². The van der Waals surface area contributed by atoms with Crippen LogP contribution in [0.3, 0.4) is 0 Å². The number of aliphatic hydroxyl groups is 1. The lowest BCUT2D eigenvalue weighted by Crippen LogP contribution is -2.40. The highest BCUT2D eigenvalue weighted by molar-refractivity contribution is 7.85. The number of hydrogen-bond donors (Lipinski definition) is 4. The van der Waals surface area contributed by atoms with E-state index in [1.165, 1.54) is 6.08 Å². The molecule has 0 spiro atoms. The molecule has 0 saturated carbocycles. The Labute approximate surface area is 141 Å². The van der Waals surface area contributed by atoms with Crippen molar-refractivity contribution in [2.24, 2.45) is 0 Å². The number of aromatic nitrogens is 2. The third-order valence-electron chi connectivity index (χ3n) is 3.26. The Morgan fingerprint density at radius 1 is 1.38 bits per heavy atom. The molecule has 0 saturated heterocycles. The number of aromatic amines is 2. The molecule has 4 N–H and O–H groups in total. The second-order valence-corrected chi connectivity index (χ2v) is 6.95. The van der Waals surface area contributed by atoms with E-state index in [-0.39, 0.29) is 17.9 Å². The Balaban J connectivity index is 2.69. The zero-order valence-corrected chi connectivity index (χ0v) is 14.6. The van der Waals surface area contributed by atoms with E-state index in [0.29, 0.717) is 11.4 Å². The zero-order chi connectivity index (χ0) is 18.1. The summed E-state index contributed by atoms with van der Waals surface area (Å²) in [5, 5.41) is 11.8. The van der Waals surface area contributed by atoms with E-state index in [1.54, 1.807) is 6.92 Å². The molecule has 0 aliphatic rings. The summed E-state index contributed by atoms with van der Waals surface area (Å²) >= 11 is 0. The first kappa shape index (κ1) is 20.0. The molecule has 0 aromatic carbocycles. The van der Waals surface area contributed by atoms with Crippen molar-refractivity contribution in [1.82, 2.24) is 15.3 Å². The molecule has 24 heavy (non-hydrogen) atoms. The van der Waals surface area contributed by atoms with Gasteiger partial charge in [-0.05, 0) is 19.4 Å². The summed E-state index contributed by atoms with van der Waals surface area (Å²) in [7, 11) is -1.11. The van der Waals surface area contributed by atoms with Gasteiger partial charge in [-0.25, -0.2) is 4.79 Å². The van der Waals surface area contributed by atoms with Crippen LogP contribution in [0.2, 0.25) is 0 Å². The third kappa shape index (κ3) is 6.63. The second-order valence-electron chi connectivity index (χ2n) is 5.33. The molecule has 0 aliphatic heterocycles. The number of rotatable bonds is 9. The minimum Gasteiger partial charge on any atom is -0.394 e. The maximum absolute atomic E-state index is 11.9. The third-order valence-corrected chi connectivity index (χ3v) is 4.78. The van der Waals surface area contributed by atoms with E-state index in [4.69, 9.17) is 0 Å². The van der Waals surface area contributed by atoms with Gasteiger partial charge >= 0.3 is 5.69 Å². The average molecular weight is 357 g/mol. The first-order chi connectivity index (χ1) is 11.4. The molecule has 134 valence electrons. The minimum absolute atomic E-state index is 0.164. The first-order valence-electron chi connectivity index (χ1n) is 7.65. The van der Waals surface area contributed by atoms with Crippen LogP contribution in [-0.2, 0) is 15.6 Å². The molecule has 1 aromatic rings. The van der Waals surface area contributed by atoms with Gasteiger partial charge in [-0.15, -0.1) is 0 Å². The summed E-state index contributed by atoms with van der Waals surface area (Å²) in [5.74, 6) is 0.186. The van der Waals surface area contributed by atoms with Crippen molar-refractivity contribution in [1.29, 1.82) is 0 Å². The van der Waals surface area contributed by atoms with Crippen LogP contribution in [0.25, 0.3) is 6.08 Å². The quantitative estimate of drug-likeness (QED) is 0.439. The van der Waals surface area contributed by atoms with Crippen LogP contribution in [-0.4, -0.2) is 49.3 Å². The lowest BCUT2D eigenvalue weighted by Gasteiger charge is -2.14. The number of aryl methyl sites for hydroxylation is 1. The van der Waals surface area contributed by atoms with Gasteiger partial charge < -0.3 is 15.4 Å². The number of nitrogens with one attached hydrogen (secondary N) is 3. The summed E-state index contributed by atoms with van der Waals surface area (Å²) in [4.78, 5) is 39.1. The monoisotopic (exact) mass is 357 g/mol. The standard InChI is InChI=1S/C15H23N3O5S/c1-3-4-7-24(23)9-11(8-19)17-13(20)6-5-12-10(2)16-15(22)18-14(12)21/h5-6,11,19H,3-4,7-9H2,1-2H3,(H,17,20)(H2,16,18,21,22)/b6-5-/t11-,24-/m1/s1. The Kier molecular flexibility index (Phi) is 8.34. The maximum Gasteiger partial charge on any atom is 0.325 e. The van der Waals surface area contributed by atoms with Crippen molar-refractivity contribution in [2.75, 3.05) is 18.1 Å². The lowest BCUT2D eigenvalue weighted by molar-refractivity contribution is -0.117. The van der Waals surface area contributed by atoms with E-state index in [9.17, 15) is 23.7 Å². The Bertz CT molecular complexity index is 723. The average Bonchev–Trinajstić information content (AvgIpc) is 2.51. The van der Waals surface area contributed by atoms with Gasteiger partial charge in [0.1, 0.15) is 0 Å². The van der Waals surface area contributed by atoms with Crippen LogP contribution in [0.5, 0.6) is 0 Å². The highest BCUT2D eigenvalue weighted by Crippen LogP contribution is 1.99. The number of aliphatic hydroxyl groups excluding tert-OH is 1. The van der Waals surface area contributed by atoms with Gasteiger partial charge in [0.2, 0.25) is 5.91 Å². The SMILES string of the molecule is CCCC[S@@](=O)C[C@@H](CO)NC(=O)/C=C\c1c(C)[nH]c(=O)[nH]c1=O. The van der Waals surface area contributed by atoms with Gasteiger partial charge in [-0.3, -0.25) is 18.8 Å². The van der Waals surface area contributed by atoms with Crippen LogP contribution in [0.4, 0.5) is 0 Å². The number of H-pyrrole nitrogens is 2. The molecule has 0 bridgehead atoms. The minimum atomic E-state index is -1.11. The van der Waals surface area contributed by atoms with E-state index < -0.39 is 34.0 Å². The van der Waals surface area contributed by atoms with E-state index in [0.717, 1.165) is 18.9 Å². The van der Waals surface area contributed by atoms with Crippen molar-refractivity contribution in [3.05, 3.63) is 38.2 Å². The first-order valence-corrected chi connectivity index (χ1v) is 9.13. The number of unbranched alkanes of at least 4 members (excludes halogenated alkanes) is 1. The molecule has 1 heterocycles. The summed E-state index contributed by atoms with van der Waals surface area (Å²) in [6, 6.07) is -0.616. The fraction of sp³-hybridized carbons (Fsp3) is 0.533. The number of carbonyl (C=O) groups is 1. The summed E-state index contributed by atoms with van der Waals surface area (Å²) in [6.07, 6.45) is 4.17. The van der Waals surface area contributed by atoms with Gasteiger partial charge in [0.15, 0.2) is 0 Å². The highest BCUT2D eigenvalue weighted by Gasteiger charge is 2.13. The summed E-state index contributed by atoms with van der Waals surface area (Å²) in [5.41, 5.74) is -0.710. The Morgan fingerprint density at radius 2 is 2.08 bits per heavy atom. The maximum atomic E-state index is 11.9. The van der Waals surface area contributed by atoms with E-state index in [1.807, 2.05) is 6.92 Å². The van der Waals surface area contributed by atoms with Gasteiger partial charge in [-0.2, -0.15) is 0 Å². The highest BCUT2D eigenvalue weighted by atomic mass is 32.2. The predicted octanol–water partition coefficient (Wildman–Crippen LogP) is -0.589. The van der Waals surface area contributed by atoms with Crippen LogP contribution in [0.1, 0.15) is 31.0 Å². The zero-order valence-electron chi connectivity index (χ0n) is 13.8. The molecular weight excluding hydrogens is 334 g/mol. The molecule has 0 fully saturated rings. The molecule has 0 radical (unpaired) electrons. The molecular formula is C15H23N3O5S. The van der Waals surface area contributed by atoms with Crippen LogP contribution in [0.15, 0.2) is 15.7 Å². The molecule has 8 nitrogen and oxygen atoms in total. The lowest BCUT2D eigenvalue weighted by atomic mass is 10.2. The molecule has 1 amide bonds. The molecule has 0 aliphatic carbocycles. The number of hydrogen-bond acceptors (Lipinski definition) is 5. The van der Waals surface area contributed by atoms with E-state index in [2.05, 4.69) is 15.3 Å². The Morgan fingerprint density at radius 3 is 2.67 bits per heavy atom. The van der Waals surface area contributed by atoms with Crippen molar-refractivity contribution >= 4 is 22.8 Å². The van der Waals surface area contributed by atoms with Crippen molar-refractivity contribution in [3.8, 4) is 0 Å². The van der Waals surface area contributed by atoms with Crippen LogP contribution < -0.4 is 16.6 Å². The normalized spacial score (nSPS) is 13.8. The summed E-state index contributed by atoms with van der Waals surface area (Å²) in [6.45, 7) is 3.21. The van der Waals surface area contributed by atoms with E-state index >= 15 is 0 Å². The molecule has 1 rings (SSSR count). The van der Waals surface area contributed by atoms with Gasteiger partial charge in [0, 0.05) is 34.1 Å². The van der Waals surface area contributed by atoms with Gasteiger partial charge in [0.25, 0.3) is 5.56 Å². The van der Waals surface area contributed by atoms with Crippen LogP contribution in [0, 0.1) is 6.92 Å². The molecule has 9 heteroatoms. The largest absolute Gasteiger partial charge is 0.394 e. The smallest absolute Gasteiger partial charge is 0.325 e. The van der Waals surface area contributed by atoms with Gasteiger partial charge in [0.05, 0.1) is 18.2 Å². The molecule has 1 aromatic heterocycles. The number of carbonyl (C=O) groups excluding carboxylic acids is 1. The van der Waals surface area contributed by atoms with Crippen LogP contribution >= 0.6 is 0 Å². The molecule has 2 atom stereocenters. The van der Waals surface area contributed by atoms with Gasteiger partial charge in [-0.1, -0.05) is 13.3 Å². The Hall–Kier alpha value is -2.00. The van der Waals surface area contributed by atoms with Crippen molar-refractivity contribution < 1.29 is 14.1 Å². The second kappa shape index (κ2) is 9.99. The topological polar surface area (TPSA) is 132 Å². The predicted molar refractivity (Wildman–Crippen MR) is 93.3 cm³/mol. The summed E-state index contributed by atoms with van der Waals surface area (Å²) < 4.78 is 11.8.